The van der Waals surface area contributed by atoms with Gasteiger partial charge in [0, 0.05) is 6.54 Å². The third-order valence-electron chi connectivity index (χ3n) is 5.06. The molecular weight excluding hydrogens is 387 g/mol. The van der Waals surface area contributed by atoms with Gasteiger partial charge in [-0.2, -0.15) is 10.6 Å². The quantitative estimate of drug-likeness (QED) is 0.587. The standard InChI is InChI=1S/C23H28FN2O2S/c1-15(2)20-11-18(24)12-21(17-7-8-17)22(20)13-23(27)25-29(28)19-9-5-16(6-10-19)14-26(3)4/h5-6,9-12,15,17H,7-8,13-14H2,1-4H3/q-1. The van der Waals surface area contributed by atoms with Crippen molar-refractivity contribution in [2.24, 2.45) is 4.36 Å². The number of carbonyl (C=O) groups excluding carboxylic acids is 1. The molecule has 6 heteroatoms. The minimum atomic E-state index is -1.74. The molecular formula is C23H28FN2O2S-. The summed E-state index contributed by atoms with van der Waals surface area (Å²) in [7, 11) is 2.22. The molecule has 1 saturated carbocycles. The number of nitrogens with zero attached hydrogens (tertiary/aromatic N) is 2. The van der Waals surface area contributed by atoms with Gasteiger partial charge in [0.2, 0.25) is 5.91 Å². The van der Waals surface area contributed by atoms with Crippen LogP contribution in [0, 0.1) is 5.82 Å². The second kappa shape index (κ2) is 9.18. The van der Waals surface area contributed by atoms with Gasteiger partial charge in [0.1, 0.15) is 5.82 Å². The Morgan fingerprint density at radius 2 is 1.86 bits per heavy atom. The van der Waals surface area contributed by atoms with Crippen LogP contribution in [0.5, 0.6) is 0 Å². The normalized spacial score (nSPS) is 15.3. The predicted molar refractivity (Wildman–Crippen MR) is 114 cm³/mol. The van der Waals surface area contributed by atoms with E-state index in [0.717, 1.165) is 41.6 Å². The Balaban J connectivity index is 1.82. The molecule has 1 aliphatic carbocycles. The molecule has 4 nitrogen and oxygen atoms in total. The monoisotopic (exact) mass is 415 g/mol. The van der Waals surface area contributed by atoms with Gasteiger partial charge in [-0.25, -0.2) is 4.39 Å². The van der Waals surface area contributed by atoms with Crippen molar-refractivity contribution < 1.29 is 13.4 Å². The summed E-state index contributed by atoms with van der Waals surface area (Å²) < 4.78 is 30.5. The molecule has 0 radical (unpaired) electrons. The van der Waals surface area contributed by atoms with Crippen LogP contribution in [0.4, 0.5) is 4.39 Å². The van der Waals surface area contributed by atoms with Crippen LogP contribution in [0.2, 0.25) is 0 Å². The van der Waals surface area contributed by atoms with E-state index in [-0.39, 0.29) is 18.2 Å². The van der Waals surface area contributed by atoms with E-state index in [1.807, 2.05) is 45.0 Å². The summed E-state index contributed by atoms with van der Waals surface area (Å²) in [6.45, 7) is 4.77. The summed E-state index contributed by atoms with van der Waals surface area (Å²) in [6, 6.07) is 10.4. The van der Waals surface area contributed by atoms with Gasteiger partial charge in [0.25, 0.3) is 0 Å². The van der Waals surface area contributed by atoms with Crippen LogP contribution in [-0.4, -0.2) is 24.9 Å². The molecule has 0 N–H and O–H groups in total. The van der Waals surface area contributed by atoms with Crippen molar-refractivity contribution in [1.82, 2.24) is 4.90 Å². The molecule has 156 valence electrons. The average molecular weight is 416 g/mol. The summed E-state index contributed by atoms with van der Waals surface area (Å²) in [4.78, 5) is 15.2. The Labute approximate surface area is 174 Å². The number of halogens is 1. The fourth-order valence-corrected chi connectivity index (χ4v) is 4.29. The Morgan fingerprint density at radius 3 is 2.41 bits per heavy atom. The lowest BCUT2D eigenvalue weighted by Gasteiger charge is -2.17. The highest BCUT2D eigenvalue weighted by molar-refractivity contribution is 7.75. The van der Waals surface area contributed by atoms with Crippen molar-refractivity contribution >= 4 is 16.5 Å². The Bertz CT molecular complexity index is 950. The zero-order valence-electron chi connectivity index (χ0n) is 17.4. The molecule has 1 amide bonds. The van der Waals surface area contributed by atoms with Crippen LogP contribution in [-0.2, 0) is 32.6 Å². The topological polar surface area (TPSA) is 49.7 Å². The van der Waals surface area contributed by atoms with E-state index in [2.05, 4.69) is 4.36 Å². The predicted octanol–water partition coefficient (Wildman–Crippen LogP) is 5.16. The van der Waals surface area contributed by atoms with Gasteiger partial charge in [-0.3, -0.25) is 4.79 Å². The lowest BCUT2D eigenvalue weighted by Crippen LogP contribution is -2.10. The van der Waals surface area contributed by atoms with Gasteiger partial charge in [-0.1, -0.05) is 43.0 Å². The maximum absolute atomic E-state index is 14.1. The summed E-state index contributed by atoms with van der Waals surface area (Å²) in [5.74, 6) is -0.275. The minimum absolute atomic E-state index is 0.0596. The SMILES string of the molecule is CC(C)c1cc(F)cc(C2CC2)c1CC(=O)N=[S-](=O)c1ccc(CN(C)C)cc1. The van der Waals surface area contributed by atoms with Crippen molar-refractivity contribution in [2.75, 3.05) is 14.1 Å². The Morgan fingerprint density at radius 1 is 1.21 bits per heavy atom. The maximum atomic E-state index is 14.1. The van der Waals surface area contributed by atoms with Gasteiger partial charge in [0.05, 0.1) is 6.42 Å². The molecule has 0 spiro atoms. The largest absolute Gasteiger partial charge is 0.440 e. The lowest BCUT2D eigenvalue weighted by molar-refractivity contribution is -0.117. The van der Waals surface area contributed by atoms with Crippen LogP contribution in [0.25, 0.3) is 0 Å². The second-order valence-corrected chi connectivity index (χ2v) is 9.44. The molecule has 2 aromatic rings. The Kier molecular flexibility index (Phi) is 6.85. The van der Waals surface area contributed by atoms with E-state index >= 15 is 0 Å². The maximum Gasteiger partial charge on any atom is 0.227 e. The molecule has 29 heavy (non-hydrogen) atoms. The number of rotatable bonds is 7. The Hall–Kier alpha value is -2.05. The van der Waals surface area contributed by atoms with Crippen LogP contribution in [0.1, 0.15) is 60.8 Å². The van der Waals surface area contributed by atoms with E-state index < -0.39 is 16.5 Å². The van der Waals surface area contributed by atoms with E-state index in [1.54, 1.807) is 18.2 Å². The molecule has 3 rings (SSSR count). The minimum Gasteiger partial charge on any atom is -0.440 e. The average Bonchev–Trinajstić information content (AvgIpc) is 3.47. The third kappa shape index (κ3) is 5.73. The van der Waals surface area contributed by atoms with Crippen molar-refractivity contribution in [3.05, 3.63) is 64.5 Å². The van der Waals surface area contributed by atoms with E-state index in [9.17, 15) is 13.4 Å². The number of benzene rings is 2. The van der Waals surface area contributed by atoms with Gasteiger partial charge in [-0.05, 0) is 73.2 Å². The highest BCUT2D eigenvalue weighted by Crippen LogP contribution is 2.43. The van der Waals surface area contributed by atoms with Gasteiger partial charge in [0.15, 0.2) is 0 Å². The van der Waals surface area contributed by atoms with Crippen LogP contribution in [0.15, 0.2) is 45.7 Å². The fourth-order valence-electron chi connectivity index (χ4n) is 3.56. The molecule has 0 heterocycles. The van der Waals surface area contributed by atoms with Crippen molar-refractivity contribution in [3.63, 3.8) is 0 Å². The number of hydrogen-bond acceptors (Lipinski definition) is 4. The summed E-state index contributed by atoms with van der Waals surface area (Å²) in [5, 5.41) is 0. The number of carbonyl (C=O) groups is 1. The van der Waals surface area contributed by atoms with E-state index in [1.165, 1.54) is 6.07 Å². The molecule has 0 saturated heterocycles. The number of amides is 1. The molecule has 0 aromatic heterocycles. The summed E-state index contributed by atoms with van der Waals surface area (Å²) in [5.41, 5.74) is 3.71. The van der Waals surface area contributed by atoms with E-state index in [0.29, 0.717) is 10.8 Å². The van der Waals surface area contributed by atoms with Gasteiger partial charge >= 0.3 is 0 Å². The highest BCUT2D eigenvalue weighted by atomic mass is 32.2. The molecule has 0 bridgehead atoms. The zero-order chi connectivity index (χ0) is 21.1. The second-order valence-electron chi connectivity index (χ2n) is 8.28. The molecule has 0 unspecified atom stereocenters. The third-order valence-corrected chi connectivity index (χ3v) is 6.10. The van der Waals surface area contributed by atoms with Gasteiger partial charge in [-0.15, -0.1) is 0 Å². The molecule has 1 aliphatic rings. The lowest BCUT2D eigenvalue weighted by atomic mass is 9.89. The first kappa shape index (κ1) is 21.7. The first-order valence-corrected chi connectivity index (χ1v) is 11.1. The van der Waals surface area contributed by atoms with Crippen molar-refractivity contribution in [3.8, 4) is 0 Å². The summed E-state index contributed by atoms with van der Waals surface area (Å²) >= 11 is 0. The van der Waals surface area contributed by atoms with Crippen LogP contribution in [0.3, 0.4) is 0 Å². The molecule has 0 aliphatic heterocycles. The highest BCUT2D eigenvalue weighted by Gasteiger charge is 2.29. The van der Waals surface area contributed by atoms with Crippen molar-refractivity contribution in [2.45, 2.75) is 56.4 Å². The van der Waals surface area contributed by atoms with E-state index in [4.69, 9.17) is 0 Å². The number of hydrogen-bond donors (Lipinski definition) is 0. The summed E-state index contributed by atoms with van der Waals surface area (Å²) in [6.07, 6.45) is 2.10. The van der Waals surface area contributed by atoms with Crippen LogP contribution < -0.4 is 0 Å². The smallest absolute Gasteiger partial charge is 0.227 e. The fraction of sp³-hybridized carbons (Fsp3) is 0.435. The molecule has 0 atom stereocenters. The molecule has 1 fully saturated rings. The zero-order valence-corrected chi connectivity index (χ0v) is 18.3. The van der Waals surface area contributed by atoms with Crippen molar-refractivity contribution in [1.29, 1.82) is 0 Å². The van der Waals surface area contributed by atoms with Gasteiger partial charge < -0.3 is 13.5 Å². The first-order chi connectivity index (χ1) is 13.7. The first-order valence-electron chi connectivity index (χ1n) is 9.97. The van der Waals surface area contributed by atoms with Crippen LogP contribution >= 0.6 is 0 Å². The molecule has 2 aromatic carbocycles.